The predicted octanol–water partition coefficient (Wildman–Crippen LogP) is -0.118. The van der Waals surface area contributed by atoms with E-state index in [1.54, 1.807) is 0 Å². The third-order valence-electron chi connectivity index (χ3n) is 3.13. The number of aliphatic hydroxyl groups is 2. The molecule has 2 heterocycles. The molecule has 2 rings (SSSR count). The molecule has 0 spiro atoms. The van der Waals surface area contributed by atoms with Crippen LogP contribution < -0.4 is 0 Å². The van der Waals surface area contributed by atoms with Crippen LogP contribution in [0.1, 0.15) is 11.5 Å². The Morgan fingerprint density at radius 1 is 1.00 bits per heavy atom. The van der Waals surface area contributed by atoms with Crippen molar-refractivity contribution < 1.29 is 14.6 Å². The van der Waals surface area contributed by atoms with Crippen LogP contribution in [0.5, 0.6) is 0 Å². The maximum absolute atomic E-state index is 8.91. The summed E-state index contributed by atoms with van der Waals surface area (Å²) in [5.74, 6) is 1.53. The molecule has 0 aliphatic carbocycles. The first-order chi connectivity index (χ1) is 8.31. The molecule has 1 aromatic heterocycles. The first-order valence-electron chi connectivity index (χ1n) is 6.06. The summed E-state index contributed by atoms with van der Waals surface area (Å²) >= 11 is 0. The van der Waals surface area contributed by atoms with Crippen molar-refractivity contribution in [1.82, 2.24) is 9.80 Å². The van der Waals surface area contributed by atoms with Gasteiger partial charge in [-0.2, -0.15) is 0 Å². The Morgan fingerprint density at radius 2 is 1.65 bits per heavy atom. The predicted molar refractivity (Wildman–Crippen MR) is 63.4 cm³/mol. The zero-order chi connectivity index (χ0) is 12.1. The molecule has 5 heteroatoms. The highest BCUT2D eigenvalue weighted by Gasteiger charge is 2.17. The van der Waals surface area contributed by atoms with Gasteiger partial charge in [-0.3, -0.25) is 9.80 Å². The van der Waals surface area contributed by atoms with Gasteiger partial charge in [-0.25, -0.2) is 0 Å². The summed E-state index contributed by atoms with van der Waals surface area (Å²) in [6.07, 6.45) is 0. The molecular formula is C12H20N2O3. The normalized spacial score (nSPS) is 18.7. The molecule has 0 radical (unpaired) electrons. The third-order valence-corrected chi connectivity index (χ3v) is 3.13. The summed E-state index contributed by atoms with van der Waals surface area (Å²) in [7, 11) is 0. The fraction of sp³-hybridized carbons (Fsp3) is 0.667. The second-order valence-corrected chi connectivity index (χ2v) is 4.37. The minimum Gasteiger partial charge on any atom is -0.462 e. The number of aliphatic hydroxyl groups excluding tert-OH is 2. The van der Waals surface area contributed by atoms with Crippen molar-refractivity contribution in [2.45, 2.75) is 13.2 Å². The minimum atomic E-state index is -0.0374. The Hall–Kier alpha value is -0.880. The van der Waals surface area contributed by atoms with Gasteiger partial charge in [-0.15, -0.1) is 0 Å². The smallest absolute Gasteiger partial charge is 0.129 e. The number of furan rings is 1. The van der Waals surface area contributed by atoms with Gasteiger partial charge in [0.1, 0.15) is 18.1 Å². The number of nitrogens with zero attached hydrogens (tertiary/aromatic N) is 2. The molecule has 0 atom stereocenters. The molecule has 0 saturated carbocycles. The summed E-state index contributed by atoms with van der Waals surface area (Å²) in [4.78, 5) is 4.59. The molecule has 1 aromatic rings. The molecule has 1 fully saturated rings. The summed E-state index contributed by atoms with van der Waals surface area (Å²) in [6.45, 7) is 5.74. The number of piperazine rings is 1. The van der Waals surface area contributed by atoms with E-state index in [9.17, 15) is 0 Å². The van der Waals surface area contributed by atoms with Crippen molar-refractivity contribution in [3.05, 3.63) is 23.7 Å². The molecule has 1 saturated heterocycles. The van der Waals surface area contributed by atoms with E-state index in [0.29, 0.717) is 5.76 Å². The van der Waals surface area contributed by atoms with Crippen molar-refractivity contribution in [3.63, 3.8) is 0 Å². The Bertz CT molecular complexity index is 332. The summed E-state index contributed by atoms with van der Waals surface area (Å²) < 4.78 is 5.46. The van der Waals surface area contributed by atoms with Crippen LogP contribution in [0.2, 0.25) is 0 Å². The lowest BCUT2D eigenvalue weighted by molar-refractivity contribution is 0.103. The van der Waals surface area contributed by atoms with Gasteiger partial charge in [0.05, 0.1) is 13.2 Å². The van der Waals surface area contributed by atoms with Crippen molar-refractivity contribution in [2.75, 3.05) is 39.3 Å². The maximum Gasteiger partial charge on any atom is 0.129 e. The van der Waals surface area contributed by atoms with E-state index >= 15 is 0 Å². The lowest BCUT2D eigenvalue weighted by atomic mass is 10.3. The Kier molecular flexibility index (Phi) is 4.56. The first kappa shape index (κ1) is 12.6. The highest BCUT2D eigenvalue weighted by molar-refractivity contribution is 5.06. The van der Waals surface area contributed by atoms with Gasteiger partial charge in [0.15, 0.2) is 0 Å². The monoisotopic (exact) mass is 240 g/mol. The quantitative estimate of drug-likeness (QED) is 0.751. The van der Waals surface area contributed by atoms with Crippen molar-refractivity contribution in [1.29, 1.82) is 0 Å². The van der Waals surface area contributed by atoms with E-state index in [-0.39, 0.29) is 13.2 Å². The van der Waals surface area contributed by atoms with Crippen LogP contribution in [0, 0.1) is 0 Å². The SMILES string of the molecule is OCCN1CCN(Cc2ccc(CO)o2)CC1. The molecule has 17 heavy (non-hydrogen) atoms. The average molecular weight is 240 g/mol. The molecule has 0 amide bonds. The highest BCUT2D eigenvalue weighted by Crippen LogP contribution is 2.12. The van der Waals surface area contributed by atoms with Crippen LogP contribution in [-0.4, -0.2) is 59.3 Å². The highest BCUT2D eigenvalue weighted by atomic mass is 16.4. The molecule has 96 valence electrons. The van der Waals surface area contributed by atoms with E-state index in [0.717, 1.165) is 45.0 Å². The number of hydrogen-bond acceptors (Lipinski definition) is 5. The second-order valence-electron chi connectivity index (χ2n) is 4.37. The van der Waals surface area contributed by atoms with Crippen LogP contribution in [0.15, 0.2) is 16.5 Å². The fourth-order valence-corrected chi connectivity index (χ4v) is 2.13. The fourth-order valence-electron chi connectivity index (χ4n) is 2.13. The number of β-amino-alcohol motifs (C(OH)–C–C–N with tert-alkyl or cyclic N) is 1. The van der Waals surface area contributed by atoms with Gasteiger partial charge in [0.25, 0.3) is 0 Å². The van der Waals surface area contributed by atoms with Gasteiger partial charge in [0, 0.05) is 32.7 Å². The maximum atomic E-state index is 8.91. The minimum absolute atomic E-state index is 0.0374. The van der Waals surface area contributed by atoms with Gasteiger partial charge < -0.3 is 14.6 Å². The molecule has 5 nitrogen and oxygen atoms in total. The van der Waals surface area contributed by atoms with Crippen molar-refractivity contribution >= 4 is 0 Å². The Balaban J connectivity index is 1.77. The lowest BCUT2D eigenvalue weighted by Crippen LogP contribution is -2.46. The average Bonchev–Trinajstić information content (AvgIpc) is 2.80. The van der Waals surface area contributed by atoms with Gasteiger partial charge in [0.2, 0.25) is 0 Å². The van der Waals surface area contributed by atoms with Crippen molar-refractivity contribution in [2.24, 2.45) is 0 Å². The van der Waals surface area contributed by atoms with Gasteiger partial charge in [-0.1, -0.05) is 0 Å². The molecule has 0 bridgehead atoms. The Labute approximate surface area is 101 Å². The van der Waals surface area contributed by atoms with Crippen LogP contribution in [0.3, 0.4) is 0 Å². The third kappa shape index (κ3) is 3.54. The zero-order valence-corrected chi connectivity index (χ0v) is 10.0. The molecule has 2 N–H and O–H groups in total. The summed E-state index contributed by atoms with van der Waals surface area (Å²) in [5.41, 5.74) is 0. The second kappa shape index (κ2) is 6.16. The topological polar surface area (TPSA) is 60.1 Å². The van der Waals surface area contributed by atoms with Crippen LogP contribution in [0.25, 0.3) is 0 Å². The van der Waals surface area contributed by atoms with E-state index in [1.807, 2.05) is 12.1 Å². The van der Waals surface area contributed by atoms with Crippen LogP contribution >= 0.6 is 0 Å². The van der Waals surface area contributed by atoms with Crippen LogP contribution in [-0.2, 0) is 13.2 Å². The van der Waals surface area contributed by atoms with Crippen LogP contribution in [0.4, 0.5) is 0 Å². The molecule has 0 aromatic carbocycles. The molecule has 1 aliphatic heterocycles. The summed E-state index contributed by atoms with van der Waals surface area (Å²) in [6, 6.07) is 3.74. The van der Waals surface area contributed by atoms with E-state index in [1.165, 1.54) is 0 Å². The standard InChI is InChI=1S/C12H20N2O3/c15-8-7-13-3-5-14(6-4-13)9-11-1-2-12(10-16)17-11/h1-2,15-16H,3-10H2. The first-order valence-corrected chi connectivity index (χ1v) is 6.06. The van der Waals surface area contributed by atoms with Crippen molar-refractivity contribution in [3.8, 4) is 0 Å². The lowest BCUT2D eigenvalue weighted by Gasteiger charge is -2.33. The van der Waals surface area contributed by atoms with E-state index in [2.05, 4.69) is 9.80 Å². The number of hydrogen-bond donors (Lipinski definition) is 2. The van der Waals surface area contributed by atoms with Gasteiger partial charge in [-0.05, 0) is 12.1 Å². The van der Waals surface area contributed by atoms with Gasteiger partial charge >= 0.3 is 0 Å². The molecule has 1 aliphatic rings. The van der Waals surface area contributed by atoms with E-state index < -0.39 is 0 Å². The molecule has 0 unspecified atom stereocenters. The zero-order valence-electron chi connectivity index (χ0n) is 10.0. The Morgan fingerprint density at radius 3 is 2.24 bits per heavy atom. The summed E-state index contributed by atoms with van der Waals surface area (Å²) in [5, 5.41) is 17.8. The number of rotatable bonds is 5. The molecular weight excluding hydrogens is 220 g/mol. The largest absolute Gasteiger partial charge is 0.462 e. The van der Waals surface area contributed by atoms with E-state index in [4.69, 9.17) is 14.6 Å².